The summed E-state index contributed by atoms with van der Waals surface area (Å²) in [6.45, 7) is 2.91. The highest BCUT2D eigenvalue weighted by atomic mass is 16.1. The fourth-order valence-electron chi connectivity index (χ4n) is 2.19. The number of likely N-dealkylation sites (tertiary alicyclic amines) is 1. The molecule has 4 nitrogen and oxygen atoms in total. The Morgan fingerprint density at radius 2 is 2.33 bits per heavy atom. The molecule has 0 aromatic heterocycles. The number of carbonyl (C=O) groups is 1. The van der Waals surface area contributed by atoms with E-state index in [2.05, 4.69) is 10.2 Å². The number of nitrogens with one attached hydrogen (secondary N) is 1. The van der Waals surface area contributed by atoms with Crippen molar-refractivity contribution in [3.8, 4) is 0 Å². The molecule has 3 N–H and O–H groups in total. The third-order valence-corrected chi connectivity index (χ3v) is 3.15. The summed E-state index contributed by atoms with van der Waals surface area (Å²) in [7, 11) is 1.69. The molecule has 1 heterocycles. The molecule has 0 aromatic carbocycles. The average Bonchev–Trinajstić information content (AvgIpc) is 2.29. The van der Waals surface area contributed by atoms with Gasteiger partial charge in [-0.05, 0) is 32.4 Å². The minimum Gasteiger partial charge on any atom is -0.359 e. The predicted octanol–water partition coefficient (Wildman–Crippen LogP) is 0.326. The second kappa shape index (κ2) is 6.80. The van der Waals surface area contributed by atoms with E-state index in [9.17, 15) is 4.79 Å². The third kappa shape index (κ3) is 4.18. The zero-order valence-corrected chi connectivity index (χ0v) is 9.67. The van der Waals surface area contributed by atoms with Crippen molar-refractivity contribution < 1.29 is 4.79 Å². The zero-order chi connectivity index (χ0) is 11.1. The maximum atomic E-state index is 11.1. The van der Waals surface area contributed by atoms with E-state index in [1.807, 2.05) is 0 Å². The van der Waals surface area contributed by atoms with Gasteiger partial charge in [0, 0.05) is 26.1 Å². The van der Waals surface area contributed by atoms with Crippen LogP contribution in [0.2, 0.25) is 0 Å². The number of hydrogen-bond acceptors (Lipinski definition) is 3. The van der Waals surface area contributed by atoms with Crippen LogP contribution in [0.25, 0.3) is 0 Å². The summed E-state index contributed by atoms with van der Waals surface area (Å²) in [5.41, 5.74) is 5.73. The summed E-state index contributed by atoms with van der Waals surface area (Å²) in [6.07, 6.45) is 5.36. The lowest BCUT2D eigenvalue weighted by Gasteiger charge is -2.34. The van der Waals surface area contributed by atoms with Crippen molar-refractivity contribution in [1.82, 2.24) is 10.2 Å². The lowest BCUT2D eigenvalue weighted by Crippen LogP contribution is -2.44. The van der Waals surface area contributed by atoms with Crippen molar-refractivity contribution in [2.45, 2.75) is 38.1 Å². The van der Waals surface area contributed by atoms with Crippen LogP contribution in [0, 0.1) is 0 Å². The van der Waals surface area contributed by atoms with E-state index in [0.29, 0.717) is 12.5 Å². The molecule has 1 rings (SSSR count). The Morgan fingerprint density at radius 1 is 1.53 bits per heavy atom. The molecule has 1 aliphatic rings. The van der Waals surface area contributed by atoms with Gasteiger partial charge in [0.05, 0.1) is 0 Å². The number of nitrogens with two attached hydrogens (primary N) is 1. The third-order valence-electron chi connectivity index (χ3n) is 3.15. The Morgan fingerprint density at radius 3 is 3.00 bits per heavy atom. The number of nitrogens with zero attached hydrogens (tertiary/aromatic N) is 1. The molecule has 1 unspecified atom stereocenters. The molecule has 1 saturated heterocycles. The van der Waals surface area contributed by atoms with E-state index >= 15 is 0 Å². The van der Waals surface area contributed by atoms with Crippen molar-refractivity contribution in [2.75, 3.05) is 26.7 Å². The number of carbonyl (C=O) groups excluding carboxylic acids is 1. The summed E-state index contributed by atoms with van der Waals surface area (Å²) >= 11 is 0. The van der Waals surface area contributed by atoms with Gasteiger partial charge >= 0.3 is 0 Å². The number of amides is 1. The van der Waals surface area contributed by atoms with Crippen molar-refractivity contribution in [2.24, 2.45) is 5.73 Å². The van der Waals surface area contributed by atoms with Crippen LogP contribution < -0.4 is 11.1 Å². The van der Waals surface area contributed by atoms with Crippen LogP contribution in [0.4, 0.5) is 0 Å². The van der Waals surface area contributed by atoms with Crippen molar-refractivity contribution >= 4 is 5.91 Å². The topological polar surface area (TPSA) is 58.4 Å². The maximum absolute atomic E-state index is 11.1. The second-order valence-electron chi connectivity index (χ2n) is 4.20. The summed E-state index contributed by atoms with van der Waals surface area (Å²) in [5.74, 6) is 0.135. The zero-order valence-electron chi connectivity index (χ0n) is 9.67. The molecule has 1 aliphatic heterocycles. The van der Waals surface area contributed by atoms with Crippen molar-refractivity contribution in [3.05, 3.63) is 0 Å². The highest BCUT2D eigenvalue weighted by Gasteiger charge is 2.20. The summed E-state index contributed by atoms with van der Waals surface area (Å²) in [6, 6.07) is 0.545. The molecule has 15 heavy (non-hydrogen) atoms. The molecule has 4 heteroatoms. The average molecular weight is 213 g/mol. The standard InChI is InChI=1S/C11H23N3O/c1-13-11(15)6-4-8-14-7-3-2-5-10(14)9-12/h10H,2-9,12H2,1H3,(H,13,15). The van der Waals surface area contributed by atoms with Gasteiger partial charge in [0.2, 0.25) is 5.91 Å². The highest BCUT2D eigenvalue weighted by Crippen LogP contribution is 2.16. The molecular formula is C11H23N3O. The normalized spacial score (nSPS) is 22.7. The van der Waals surface area contributed by atoms with Crippen LogP contribution in [-0.2, 0) is 4.79 Å². The smallest absolute Gasteiger partial charge is 0.219 e. The van der Waals surface area contributed by atoms with Crippen molar-refractivity contribution in [3.63, 3.8) is 0 Å². The monoisotopic (exact) mass is 213 g/mol. The van der Waals surface area contributed by atoms with E-state index in [4.69, 9.17) is 5.73 Å². The van der Waals surface area contributed by atoms with Crippen LogP contribution in [0.1, 0.15) is 32.1 Å². The van der Waals surface area contributed by atoms with Gasteiger partial charge in [0.15, 0.2) is 0 Å². The molecule has 0 saturated carbocycles. The molecule has 0 aromatic rings. The predicted molar refractivity (Wildman–Crippen MR) is 61.6 cm³/mol. The molecule has 0 bridgehead atoms. The summed E-state index contributed by atoms with van der Waals surface area (Å²) < 4.78 is 0. The summed E-state index contributed by atoms with van der Waals surface area (Å²) in [5, 5.41) is 2.65. The number of hydrogen-bond donors (Lipinski definition) is 2. The Labute approximate surface area is 92.2 Å². The van der Waals surface area contributed by atoms with Gasteiger partial charge in [-0.15, -0.1) is 0 Å². The molecule has 1 atom stereocenters. The second-order valence-corrected chi connectivity index (χ2v) is 4.20. The Kier molecular flexibility index (Phi) is 5.65. The number of piperidine rings is 1. The van der Waals surface area contributed by atoms with E-state index in [1.165, 1.54) is 19.3 Å². The molecule has 1 fully saturated rings. The molecular weight excluding hydrogens is 190 g/mol. The molecule has 0 radical (unpaired) electrons. The molecule has 0 spiro atoms. The first-order valence-corrected chi connectivity index (χ1v) is 5.92. The molecule has 0 aliphatic carbocycles. The quantitative estimate of drug-likeness (QED) is 0.692. The van der Waals surface area contributed by atoms with E-state index in [0.717, 1.165) is 26.1 Å². The lowest BCUT2D eigenvalue weighted by atomic mass is 10.0. The highest BCUT2D eigenvalue weighted by molar-refractivity contribution is 5.75. The fourth-order valence-corrected chi connectivity index (χ4v) is 2.19. The first-order chi connectivity index (χ1) is 7.27. The van der Waals surface area contributed by atoms with Gasteiger partial charge in [-0.3, -0.25) is 9.69 Å². The lowest BCUT2D eigenvalue weighted by molar-refractivity contribution is -0.120. The Bertz CT molecular complexity index is 196. The fraction of sp³-hybridized carbons (Fsp3) is 0.909. The summed E-state index contributed by atoms with van der Waals surface area (Å²) in [4.78, 5) is 13.5. The van der Waals surface area contributed by atoms with Crippen molar-refractivity contribution in [1.29, 1.82) is 0 Å². The van der Waals surface area contributed by atoms with Gasteiger partial charge in [-0.1, -0.05) is 6.42 Å². The van der Waals surface area contributed by atoms with Crippen LogP contribution >= 0.6 is 0 Å². The minimum atomic E-state index is 0.135. The number of rotatable bonds is 5. The minimum absolute atomic E-state index is 0.135. The van der Waals surface area contributed by atoms with Crippen LogP contribution in [0.15, 0.2) is 0 Å². The van der Waals surface area contributed by atoms with Gasteiger partial charge < -0.3 is 11.1 Å². The van der Waals surface area contributed by atoms with Gasteiger partial charge in [-0.2, -0.15) is 0 Å². The van der Waals surface area contributed by atoms with Gasteiger partial charge in [0.25, 0.3) is 0 Å². The Balaban J connectivity index is 2.20. The van der Waals surface area contributed by atoms with Crippen LogP contribution in [-0.4, -0.2) is 43.5 Å². The van der Waals surface area contributed by atoms with Gasteiger partial charge in [-0.25, -0.2) is 0 Å². The van der Waals surface area contributed by atoms with E-state index in [-0.39, 0.29) is 5.91 Å². The van der Waals surface area contributed by atoms with Crippen LogP contribution in [0.3, 0.4) is 0 Å². The van der Waals surface area contributed by atoms with Gasteiger partial charge in [0.1, 0.15) is 0 Å². The maximum Gasteiger partial charge on any atom is 0.219 e. The van der Waals surface area contributed by atoms with E-state index in [1.54, 1.807) is 7.05 Å². The first-order valence-electron chi connectivity index (χ1n) is 5.92. The first kappa shape index (κ1) is 12.5. The molecule has 88 valence electrons. The Hall–Kier alpha value is -0.610. The molecule has 1 amide bonds. The largest absolute Gasteiger partial charge is 0.359 e. The van der Waals surface area contributed by atoms with E-state index < -0.39 is 0 Å². The van der Waals surface area contributed by atoms with Crippen LogP contribution in [0.5, 0.6) is 0 Å². The SMILES string of the molecule is CNC(=O)CCCN1CCCCC1CN.